The van der Waals surface area contributed by atoms with Crippen molar-refractivity contribution in [2.24, 2.45) is 0 Å². The summed E-state index contributed by atoms with van der Waals surface area (Å²) in [6.07, 6.45) is -1.01. The van der Waals surface area contributed by atoms with Crippen LogP contribution >= 0.6 is 0 Å². The molecular formula is C12H12NO7-. The molecule has 20 heavy (non-hydrogen) atoms. The molecule has 1 rings (SSSR count). The van der Waals surface area contributed by atoms with Crippen molar-refractivity contribution >= 4 is 17.9 Å². The Balaban J connectivity index is 3.34. The van der Waals surface area contributed by atoms with Gasteiger partial charge in [0, 0.05) is 6.07 Å². The van der Waals surface area contributed by atoms with Crippen LogP contribution in [0.5, 0.6) is 11.5 Å². The average molecular weight is 282 g/mol. The Kier molecular flexibility index (Phi) is 5.01. The molecular weight excluding hydrogens is 270 g/mol. The molecule has 0 aliphatic heterocycles. The van der Waals surface area contributed by atoms with Gasteiger partial charge >= 0.3 is 0 Å². The molecule has 0 saturated carbocycles. The van der Waals surface area contributed by atoms with Gasteiger partial charge in [-0.05, 0) is 13.8 Å². The zero-order valence-corrected chi connectivity index (χ0v) is 10.8. The van der Waals surface area contributed by atoms with Crippen LogP contribution in [0.25, 0.3) is 0 Å². The summed E-state index contributed by atoms with van der Waals surface area (Å²) >= 11 is 0. The molecule has 0 spiro atoms. The van der Waals surface area contributed by atoms with Gasteiger partial charge in [0.1, 0.15) is 6.10 Å². The lowest BCUT2D eigenvalue weighted by Gasteiger charge is -2.19. The molecule has 0 aromatic heterocycles. The van der Waals surface area contributed by atoms with E-state index in [-0.39, 0.29) is 29.4 Å². The number of aliphatic carboxylic acids is 1. The van der Waals surface area contributed by atoms with Crippen molar-refractivity contribution in [1.29, 1.82) is 0 Å². The zero-order chi connectivity index (χ0) is 15.3. The van der Waals surface area contributed by atoms with Crippen molar-refractivity contribution in [3.05, 3.63) is 27.8 Å². The monoisotopic (exact) mass is 282 g/mol. The molecule has 8 heteroatoms. The van der Waals surface area contributed by atoms with Gasteiger partial charge in [-0.3, -0.25) is 14.9 Å². The van der Waals surface area contributed by atoms with Crippen LogP contribution in [0.4, 0.5) is 5.69 Å². The van der Waals surface area contributed by atoms with Gasteiger partial charge < -0.3 is 19.4 Å². The fourth-order valence-corrected chi connectivity index (χ4v) is 1.42. The van der Waals surface area contributed by atoms with Gasteiger partial charge in [0.2, 0.25) is 0 Å². The maximum atomic E-state index is 11.0. The summed E-state index contributed by atoms with van der Waals surface area (Å²) in [4.78, 5) is 31.7. The fraction of sp³-hybridized carbons (Fsp3) is 0.333. The molecule has 108 valence electrons. The average Bonchev–Trinajstić information content (AvgIpc) is 2.40. The SMILES string of the molecule is CCOc1cc([N+](=O)[O-])cc(C=O)c1O[C@H](C)C(=O)[O-]. The first-order valence-electron chi connectivity index (χ1n) is 5.68. The molecule has 8 nitrogen and oxygen atoms in total. The van der Waals surface area contributed by atoms with Crippen LogP contribution in [0.15, 0.2) is 12.1 Å². The number of hydrogen-bond acceptors (Lipinski definition) is 7. The standard InChI is InChI=1S/C12H13NO7/c1-3-19-10-5-9(13(17)18)4-8(6-14)11(10)20-7(2)12(15)16/h4-7H,3H2,1-2H3,(H,15,16)/p-1/t7-/m1/s1. The third-order valence-corrected chi connectivity index (χ3v) is 2.33. The molecule has 0 aliphatic carbocycles. The molecule has 1 aromatic rings. The first-order valence-corrected chi connectivity index (χ1v) is 5.68. The minimum atomic E-state index is -1.48. The summed E-state index contributed by atoms with van der Waals surface area (Å²) in [6.45, 7) is 3.00. The number of nitro groups is 1. The first kappa shape index (κ1) is 15.4. The smallest absolute Gasteiger partial charge is 0.274 e. The van der Waals surface area contributed by atoms with E-state index >= 15 is 0 Å². The molecule has 0 bridgehead atoms. The van der Waals surface area contributed by atoms with Crippen molar-refractivity contribution in [2.75, 3.05) is 6.61 Å². The number of non-ortho nitro benzene ring substituents is 1. The van der Waals surface area contributed by atoms with E-state index in [4.69, 9.17) is 9.47 Å². The van der Waals surface area contributed by atoms with Crippen LogP contribution in [0, 0.1) is 10.1 Å². The van der Waals surface area contributed by atoms with E-state index < -0.39 is 17.0 Å². The van der Waals surface area contributed by atoms with Gasteiger partial charge in [-0.2, -0.15) is 0 Å². The number of nitro benzene ring substituents is 1. The topological polar surface area (TPSA) is 119 Å². The lowest BCUT2D eigenvalue weighted by molar-refractivity contribution is -0.385. The Morgan fingerprint density at radius 3 is 2.60 bits per heavy atom. The second-order valence-corrected chi connectivity index (χ2v) is 3.75. The Hall–Kier alpha value is -2.64. The number of hydrogen-bond donors (Lipinski definition) is 0. The van der Waals surface area contributed by atoms with Gasteiger partial charge in [0.05, 0.1) is 29.1 Å². The summed E-state index contributed by atoms with van der Waals surface area (Å²) in [5.41, 5.74) is -0.528. The number of rotatable bonds is 7. The Labute approximate surface area is 114 Å². The number of nitrogens with zero attached hydrogens (tertiary/aromatic N) is 1. The number of benzene rings is 1. The van der Waals surface area contributed by atoms with Crippen LogP contribution in [0.3, 0.4) is 0 Å². The third-order valence-electron chi connectivity index (χ3n) is 2.33. The Morgan fingerprint density at radius 2 is 2.15 bits per heavy atom. The van der Waals surface area contributed by atoms with Crippen LogP contribution < -0.4 is 14.6 Å². The van der Waals surface area contributed by atoms with E-state index in [1.165, 1.54) is 6.92 Å². The fourth-order valence-electron chi connectivity index (χ4n) is 1.42. The predicted molar refractivity (Wildman–Crippen MR) is 64.7 cm³/mol. The number of carboxylic acid groups (broad SMARTS) is 1. The summed E-state index contributed by atoms with van der Waals surface area (Å²) < 4.78 is 10.2. The minimum absolute atomic E-state index is 0.0723. The van der Waals surface area contributed by atoms with Crippen molar-refractivity contribution in [3.63, 3.8) is 0 Å². The minimum Gasteiger partial charge on any atom is -0.546 e. The highest BCUT2D eigenvalue weighted by molar-refractivity contribution is 5.83. The Bertz CT molecular complexity index is 541. The molecule has 1 aromatic carbocycles. The second-order valence-electron chi connectivity index (χ2n) is 3.75. The number of carbonyl (C=O) groups excluding carboxylic acids is 2. The third kappa shape index (κ3) is 3.44. The number of ether oxygens (including phenoxy) is 2. The van der Waals surface area contributed by atoms with Gasteiger partial charge in [-0.15, -0.1) is 0 Å². The number of carboxylic acids is 1. The summed E-state index contributed by atoms with van der Waals surface area (Å²) in [6, 6.07) is 2.04. The predicted octanol–water partition coefficient (Wildman–Crippen LogP) is 0.323. The van der Waals surface area contributed by atoms with E-state index in [1.54, 1.807) is 6.92 Å². The van der Waals surface area contributed by atoms with E-state index in [1.807, 2.05) is 0 Å². The maximum Gasteiger partial charge on any atom is 0.274 e. The van der Waals surface area contributed by atoms with Crippen LogP contribution in [-0.4, -0.2) is 29.9 Å². The largest absolute Gasteiger partial charge is 0.546 e. The molecule has 0 fully saturated rings. The van der Waals surface area contributed by atoms with Crippen LogP contribution in [0.2, 0.25) is 0 Å². The molecule has 0 aliphatic rings. The number of carbonyl (C=O) groups is 2. The first-order chi connectivity index (χ1) is 9.40. The van der Waals surface area contributed by atoms with E-state index in [0.29, 0.717) is 6.29 Å². The van der Waals surface area contributed by atoms with Gasteiger partial charge in [0.25, 0.3) is 5.69 Å². The van der Waals surface area contributed by atoms with Crippen LogP contribution in [-0.2, 0) is 4.79 Å². The molecule has 0 saturated heterocycles. The van der Waals surface area contributed by atoms with Crippen LogP contribution in [0.1, 0.15) is 24.2 Å². The molecule has 0 heterocycles. The maximum absolute atomic E-state index is 11.0. The van der Waals surface area contributed by atoms with Gasteiger partial charge in [-0.25, -0.2) is 0 Å². The zero-order valence-electron chi connectivity index (χ0n) is 10.8. The molecule has 0 radical (unpaired) electrons. The molecule has 1 atom stereocenters. The molecule has 0 amide bonds. The van der Waals surface area contributed by atoms with Crippen molar-refractivity contribution in [3.8, 4) is 11.5 Å². The van der Waals surface area contributed by atoms with Crippen molar-refractivity contribution < 1.29 is 29.1 Å². The normalized spacial score (nSPS) is 11.5. The number of aldehydes is 1. The van der Waals surface area contributed by atoms with E-state index in [0.717, 1.165) is 12.1 Å². The molecule has 0 N–H and O–H groups in total. The summed E-state index contributed by atoms with van der Waals surface area (Å²) in [5, 5.41) is 21.4. The Morgan fingerprint density at radius 1 is 1.50 bits per heavy atom. The van der Waals surface area contributed by atoms with Crippen molar-refractivity contribution in [2.45, 2.75) is 20.0 Å². The lowest BCUT2D eigenvalue weighted by Crippen LogP contribution is -2.37. The lowest BCUT2D eigenvalue weighted by atomic mass is 10.1. The quantitative estimate of drug-likeness (QED) is 0.401. The highest BCUT2D eigenvalue weighted by atomic mass is 16.6. The van der Waals surface area contributed by atoms with Gasteiger partial charge in [-0.1, -0.05) is 0 Å². The van der Waals surface area contributed by atoms with Crippen molar-refractivity contribution in [1.82, 2.24) is 0 Å². The van der Waals surface area contributed by atoms with E-state index in [2.05, 4.69) is 0 Å². The second kappa shape index (κ2) is 6.50. The van der Waals surface area contributed by atoms with E-state index in [9.17, 15) is 24.8 Å². The highest BCUT2D eigenvalue weighted by Crippen LogP contribution is 2.35. The summed E-state index contributed by atoms with van der Waals surface area (Å²) in [7, 11) is 0. The molecule has 0 unspecified atom stereocenters. The van der Waals surface area contributed by atoms with Gasteiger partial charge in [0.15, 0.2) is 17.8 Å². The summed E-state index contributed by atoms with van der Waals surface area (Å²) in [5.74, 6) is -1.72. The highest BCUT2D eigenvalue weighted by Gasteiger charge is 2.20.